The first-order valence-corrected chi connectivity index (χ1v) is 7.78. The van der Waals surface area contributed by atoms with Gasteiger partial charge in [-0.1, -0.05) is 28.9 Å². The molecular formula is C17H19BrFNO. The average Bonchev–Trinajstić information content (AvgIpc) is 2.42. The number of hydrogen-bond donors (Lipinski definition) is 1. The van der Waals surface area contributed by atoms with Crippen LogP contribution in [-0.4, -0.2) is 6.54 Å². The summed E-state index contributed by atoms with van der Waals surface area (Å²) in [6.07, 6.45) is 0. The van der Waals surface area contributed by atoms with Gasteiger partial charge in [0.25, 0.3) is 0 Å². The molecule has 1 atom stereocenters. The number of aryl methyl sites for hydroxylation is 1. The molecule has 2 rings (SSSR count). The van der Waals surface area contributed by atoms with Crippen LogP contribution in [0.5, 0.6) is 11.5 Å². The van der Waals surface area contributed by atoms with Gasteiger partial charge in [-0.3, -0.25) is 0 Å². The summed E-state index contributed by atoms with van der Waals surface area (Å²) in [7, 11) is 0. The van der Waals surface area contributed by atoms with Crippen LogP contribution in [0.3, 0.4) is 0 Å². The van der Waals surface area contributed by atoms with Gasteiger partial charge in [0.05, 0.1) is 0 Å². The molecule has 0 saturated carbocycles. The minimum Gasteiger partial charge on any atom is -0.457 e. The molecule has 0 radical (unpaired) electrons. The molecule has 1 N–H and O–H groups in total. The first kappa shape index (κ1) is 16.0. The molecule has 0 saturated heterocycles. The molecule has 1 unspecified atom stereocenters. The minimum atomic E-state index is -0.254. The summed E-state index contributed by atoms with van der Waals surface area (Å²) in [5.41, 5.74) is 1.55. The fourth-order valence-corrected chi connectivity index (χ4v) is 2.76. The number of halogens is 2. The van der Waals surface area contributed by atoms with Crippen LogP contribution in [0.4, 0.5) is 4.39 Å². The highest BCUT2D eigenvalue weighted by Crippen LogP contribution is 2.33. The van der Waals surface area contributed by atoms with Crippen molar-refractivity contribution in [2.75, 3.05) is 6.54 Å². The second kappa shape index (κ2) is 7.05. The predicted octanol–water partition coefficient (Wildman–Crippen LogP) is 5.36. The van der Waals surface area contributed by atoms with E-state index in [9.17, 15) is 4.39 Å². The fraction of sp³-hybridized carbons (Fsp3) is 0.294. The topological polar surface area (TPSA) is 21.3 Å². The second-order valence-electron chi connectivity index (χ2n) is 4.94. The Morgan fingerprint density at radius 1 is 1.24 bits per heavy atom. The Labute approximate surface area is 133 Å². The number of rotatable bonds is 5. The van der Waals surface area contributed by atoms with Crippen molar-refractivity contribution >= 4 is 15.9 Å². The number of hydrogen-bond acceptors (Lipinski definition) is 2. The van der Waals surface area contributed by atoms with Gasteiger partial charge in [-0.15, -0.1) is 0 Å². The Morgan fingerprint density at radius 3 is 2.67 bits per heavy atom. The van der Waals surface area contributed by atoms with E-state index in [2.05, 4.69) is 21.2 Å². The van der Waals surface area contributed by atoms with Gasteiger partial charge in [0.15, 0.2) is 0 Å². The van der Waals surface area contributed by atoms with Gasteiger partial charge in [-0.05, 0) is 56.3 Å². The zero-order chi connectivity index (χ0) is 15.4. The minimum absolute atomic E-state index is 0.109. The fourth-order valence-electron chi connectivity index (χ4n) is 2.28. The monoisotopic (exact) mass is 351 g/mol. The van der Waals surface area contributed by atoms with Crippen molar-refractivity contribution in [2.45, 2.75) is 26.8 Å². The largest absolute Gasteiger partial charge is 0.457 e. The van der Waals surface area contributed by atoms with Crippen molar-refractivity contribution in [2.24, 2.45) is 0 Å². The average molecular weight is 352 g/mol. The third kappa shape index (κ3) is 3.83. The highest BCUT2D eigenvalue weighted by Gasteiger charge is 2.17. The summed E-state index contributed by atoms with van der Waals surface area (Å²) < 4.78 is 21.1. The molecule has 0 aromatic heterocycles. The summed E-state index contributed by atoms with van der Waals surface area (Å²) in [6.45, 7) is 6.67. The van der Waals surface area contributed by atoms with Crippen LogP contribution in [0, 0.1) is 12.7 Å². The smallest absolute Gasteiger partial charge is 0.135 e. The summed E-state index contributed by atoms with van der Waals surface area (Å²) in [5, 5.41) is 3.23. The molecular weight excluding hydrogens is 333 g/mol. The zero-order valence-electron chi connectivity index (χ0n) is 12.4. The summed E-state index contributed by atoms with van der Waals surface area (Å²) in [6, 6.07) is 10.6. The molecule has 0 amide bonds. The van der Waals surface area contributed by atoms with E-state index in [-0.39, 0.29) is 11.9 Å². The third-order valence-electron chi connectivity index (χ3n) is 3.31. The summed E-state index contributed by atoms with van der Waals surface area (Å²) in [5.74, 6) is 1.03. The molecule has 0 aliphatic rings. The molecule has 112 valence electrons. The molecule has 0 heterocycles. The van der Waals surface area contributed by atoms with Crippen molar-refractivity contribution in [1.29, 1.82) is 0 Å². The van der Waals surface area contributed by atoms with Crippen molar-refractivity contribution in [1.82, 2.24) is 5.32 Å². The standard InChI is InChI=1S/C17H19BrFNO/c1-4-20-12(3)17-14(19)6-5-7-16(17)21-15-9-8-13(18)10-11(15)2/h5-10,12,20H,4H2,1-3H3. The molecule has 0 fully saturated rings. The maximum atomic E-state index is 14.2. The molecule has 2 aromatic rings. The Morgan fingerprint density at radius 2 is 2.00 bits per heavy atom. The first-order chi connectivity index (χ1) is 10.0. The Kier molecular flexibility index (Phi) is 5.37. The predicted molar refractivity (Wildman–Crippen MR) is 87.4 cm³/mol. The summed E-state index contributed by atoms with van der Waals surface area (Å²) in [4.78, 5) is 0. The van der Waals surface area contributed by atoms with Crippen molar-refractivity contribution in [3.05, 3.63) is 57.8 Å². The Balaban J connectivity index is 2.37. The van der Waals surface area contributed by atoms with E-state index in [4.69, 9.17) is 4.74 Å². The van der Waals surface area contributed by atoms with Crippen molar-refractivity contribution in [3.8, 4) is 11.5 Å². The van der Waals surface area contributed by atoms with E-state index in [0.717, 1.165) is 22.3 Å². The molecule has 2 nitrogen and oxygen atoms in total. The van der Waals surface area contributed by atoms with Gasteiger partial charge >= 0.3 is 0 Å². The zero-order valence-corrected chi connectivity index (χ0v) is 14.0. The third-order valence-corrected chi connectivity index (χ3v) is 3.81. The SMILES string of the molecule is CCNC(C)c1c(F)cccc1Oc1ccc(Br)cc1C. The van der Waals surface area contributed by atoms with E-state index >= 15 is 0 Å². The van der Waals surface area contributed by atoms with Crippen LogP contribution in [-0.2, 0) is 0 Å². The van der Waals surface area contributed by atoms with Gasteiger partial charge in [-0.2, -0.15) is 0 Å². The number of nitrogens with one attached hydrogen (secondary N) is 1. The van der Waals surface area contributed by atoms with Gasteiger partial charge in [0.2, 0.25) is 0 Å². The highest BCUT2D eigenvalue weighted by molar-refractivity contribution is 9.10. The van der Waals surface area contributed by atoms with E-state index in [1.54, 1.807) is 12.1 Å². The molecule has 0 spiro atoms. The van der Waals surface area contributed by atoms with Crippen LogP contribution < -0.4 is 10.1 Å². The molecule has 0 aliphatic carbocycles. The van der Waals surface area contributed by atoms with E-state index in [1.807, 2.05) is 39.0 Å². The Hall–Kier alpha value is -1.39. The molecule has 2 aromatic carbocycles. The molecule has 0 aliphatic heterocycles. The van der Waals surface area contributed by atoms with Gasteiger partial charge in [0.1, 0.15) is 17.3 Å². The maximum absolute atomic E-state index is 14.2. The second-order valence-corrected chi connectivity index (χ2v) is 5.86. The van der Waals surface area contributed by atoms with Gasteiger partial charge < -0.3 is 10.1 Å². The molecule has 4 heteroatoms. The highest BCUT2D eigenvalue weighted by atomic mass is 79.9. The molecule has 21 heavy (non-hydrogen) atoms. The van der Waals surface area contributed by atoms with E-state index in [1.165, 1.54) is 6.07 Å². The summed E-state index contributed by atoms with van der Waals surface area (Å²) >= 11 is 3.43. The number of ether oxygens (including phenoxy) is 1. The van der Waals surface area contributed by atoms with Crippen LogP contribution in [0.15, 0.2) is 40.9 Å². The normalized spacial score (nSPS) is 12.2. The van der Waals surface area contributed by atoms with Crippen LogP contribution in [0.1, 0.15) is 31.0 Å². The van der Waals surface area contributed by atoms with Gasteiger partial charge in [0, 0.05) is 16.1 Å². The Bertz CT molecular complexity index is 630. The van der Waals surface area contributed by atoms with Gasteiger partial charge in [-0.25, -0.2) is 4.39 Å². The lowest BCUT2D eigenvalue weighted by Crippen LogP contribution is -2.19. The lowest BCUT2D eigenvalue weighted by atomic mass is 10.1. The van der Waals surface area contributed by atoms with Crippen molar-refractivity contribution in [3.63, 3.8) is 0 Å². The number of benzene rings is 2. The van der Waals surface area contributed by atoms with Crippen LogP contribution >= 0.6 is 15.9 Å². The lowest BCUT2D eigenvalue weighted by molar-refractivity contribution is 0.445. The van der Waals surface area contributed by atoms with E-state index in [0.29, 0.717) is 11.3 Å². The van der Waals surface area contributed by atoms with Crippen LogP contribution in [0.25, 0.3) is 0 Å². The van der Waals surface area contributed by atoms with Crippen molar-refractivity contribution < 1.29 is 9.13 Å². The quantitative estimate of drug-likeness (QED) is 0.782. The molecule has 0 bridgehead atoms. The first-order valence-electron chi connectivity index (χ1n) is 6.98. The maximum Gasteiger partial charge on any atom is 0.135 e. The lowest BCUT2D eigenvalue weighted by Gasteiger charge is -2.19. The van der Waals surface area contributed by atoms with E-state index < -0.39 is 0 Å². The van der Waals surface area contributed by atoms with Crippen LogP contribution in [0.2, 0.25) is 0 Å².